The quantitative estimate of drug-likeness (QED) is 0.184. The number of aryl methyl sites for hydroxylation is 1. The first-order valence-corrected chi connectivity index (χ1v) is 11.3. The number of hydrogen-bond donors (Lipinski definition) is 2. The van der Waals surface area contributed by atoms with Crippen LogP contribution in [0.4, 0.5) is 0 Å². The fraction of sp³-hybridized carbons (Fsp3) is 0.0800. The summed E-state index contributed by atoms with van der Waals surface area (Å²) in [4.78, 5) is 41.2. The Balaban J connectivity index is 1.53. The zero-order valence-electron chi connectivity index (χ0n) is 18.1. The highest BCUT2D eigenvalue weighted by atomic mass is 32.2. The van der Waals surface area contributed by atoms with Crippen LogP contribution in [0.5, 0.6) is 0 Å². The molecule has 34 heavy (non-hydrogen) atoms. The Morgan fingerprint density at radius 1 is 1.06 bits per heavy atom. The van der Waals surface area contributed by atoms with E-state index in [0.717, 1.165) is 17.3 Å². The highest BCUT2D eigenvalue weighted by Crippen LogP contribution is 2.23. The molecule has 0 fully saturated rings. The number of hydrogen-bond acceptors (Lipinski definition) is 6. The van der Waals surface area contributed by atoms with E-state index in [-0.39, 0.29) is 22.8 Å². The van der Waals surface area contributed by atoms with Gasteiger partial charge < -0.3 is 5.11 Å². The zero-order chi connectivity index (χ0) is 24.1. The SMILES string of the molecule is Cc1ccccc1-n1c(SCC(=O)NN=Cc2ccc(C(=O)O)cc2)nc2ccccc2c1=O. The van der Waals surface area contributed by atoms with E-state index in [0.29, 0.717) is 27.3 Å². The number of fused-ring (bicyclic) bond motifs is 1. The van der Waals surface area contributed by atoms with E-state index >= 15 is 0 Å². The van der Waals surface area contributed by atoms with Crippen LogP contribution in [0.3, 0.4) is 0 Å². The van der Waals surface area contributed by atoms with Crippen LogP contribution in [-0.2, 0) is 4.79 Å². The monoisotopic (exact) mass is 472 g/mol. The lowest BCUT2D eigenvalue weighted by atomic mass is 10.1. The molecular weight excluding hydrogens is 452 g/mol. The zero-order valence-corrected chi connectivity index (χ0v) is 19.0. The first-order chi connectivity index (χ1) is 16.4. The van der Waals surface area contributed by atoms with Gasteiger partial charge >= 0.3 is 5.97 Å². The van der Waals surface area contributed by atoms with E-state index in [1.54, 1.807) is 30.3 Å². The standard InChI is InChI=1S/C25H20N4O4S/c1-16-6-2-5-9-21(16)29-23(31)19-7-3-4-8-20(19)27-25(29)34-15-22(30)28-26-14-17-10-12-18(13-11-17)24(32)33/h2-14H,15H2,1H3,(H,28,30)(H,32,33). The molecule has 4 rings (SSSR count). The molecule has 0 aliphatic rings. The van der Waals surface area contributed by atoms with Gasteiger partial charge in [-0.05, 0) is 48.4 Å². The van der Waals surface area contributed by atoms with Gasteiger partial charge in [0.25, 0.3) is 11.5 Å². The minimum absolute atomic E-state index is 0.00798. The van der Waals surface area contributed by atoms with Crippen molar-refractivity contribution < 1.29 is 14.7 Å². The number of benzene rings is 3. The summed E-state index contributed by atoms with van der Waals surface area (Å²) < 4.78 is 1.53. The number of aromatic nitrogens is 2. The number of nitrogens with one attached hydrogen (secondary N) is 1. The molecule has 0 spiro atoms. The molecule has 8 nitrogen and oxygen atoms in total. The third-order valence-electron chi connectivity index (χ3n) is 4.99. The molecule has 4 aromatic rings. The van der Waals surface area contributed by atoms with Crippen molar-refractivity contribution in [3.63, 3.8) is 0 Å². The predicted octanol–water partition coefficient (Wildman–Crippen LogP) is 3.63. The molecule has 0 bridgehead atoms. The minimum atomic E-state index is -1.01. The number of nitrogens with zero attached hydrogens (tertiary/aromatic N) is 3. The van der Waals surface area contributed by atoms with Crippen LogP contribution in [0.1, 0.15) is 21.5 Å². The highest BCUT2D eigenvalue weighted by molar-refractivity contribution is 7.99. The smallest absolute Gasteiger partial charge is 0.335 e. The van der Waals surface area contributed by atoms with Gasteiger partial charge in [-0.3, -0.25) is 14.2 Å². The molecule has 0 unspecified atom stereocenters. The number of hydrazone groups is 1. The van der Waals surface area contributed by atoms with E-state index < -0.39 is 5.97 Å². The van der Waals surface area contributed by atoms with Crippen LogP contribution in [-0.4, -0.2) is 38.5 Å². The average molecular weight is 473 g/mol. The number of para-hydroxylation sites is 2. The number of amides is 1. The number of thioether (sulfide) groups is 1. The van der Waals surface area contributed by atoms with Crippen LogP contribution in [0.2, 0.25) is 0 Å². The number of rotatable bonds is 7. The maximum atomic E-state index is 13.3. The summed E-state index contributed by atoms with van der Waals surface area (Å²) in [5, 5.41) is 13.8. The normalized spacial score (nSPS) is 11.1. The van der Waals surface area contributed by atoms with Gasteiger partial charge in [0.2, 0.25) is 0 Å². The Bertz CT molecular complexity index is 1460. The van der Waals surface area contributed by atoms with Crippen LogP contribution in [0, 0.1) is 6.92 Å². The van der Waals surface area contributed by atoms with Gasteiger partial charge in [0.1, 0.15) is 0 Å². The van der Waals surface area contributed by atoms with Gasteiger partial charge in [-0.1, -0.05) is 54.2 Å². The molecule has 1 aromatic heterocycles. The summed E-state index contributed by atoms with van der Waals surface area (Å²) in [5.74, 6) is -1.39. The van der Waals surface area contributed by atoms with E-state index in [4.69, 9.17) is 5.11 Å². The third-order valence-corrected chi connectivity index (χ3v) is 5.93. The largest absolute Gasteiger partial charge is 0.478 e. The number of carboxylic acids is 1. The Morgan fingerprint density at radius 2 is 1.76 bits per heavy atom. The van der Waals surface area contributed by atoms with Crippen LogP contribution in [0.25, 0.3) is 16.6 Å². The van der Waals surface area contributed by atoms with Crippen molar-refractivity contribution in [2.75, 3.05) is 5.75 Å². The fourth-order valence-electron chi connectivity index (χ4n) is 3.29. The average Bonchev–Trinajstić information content (AvgIpc) is 2.84. The van der Waals surface area contributed by atoms with Gasteiger partial charge in [-0.15, -0.1) is 0 Å². The number of carboxylic acid groups (broad SMARTS) is 1. The minimum Gasteiger partial charge on any atom is -0.478 e. The van der Waals surface area contributed by atoms with Crippen molar-refractivity contribution in [3.05, 3.63) is 99.8 Å². The van der Waals surface area contributed by atoms with Crippen LogP contribution >= 0.6 is 11.8 Å². The van der Waals surface area contributed by atoms with Crippen molar-refractivity contribution in [1.82, 2.24) is 15.0 Å². The Kier molecular flexibility index (Phi) is 6.84. The Hall–Kier alpha value is -4.24. The van der Waals surface area contributed by atoms with Gasteiger partial charge in [0.05, 0.1) is 34.1 Å². The van der Waals surface area contributed by atoms with Crippen molar-refractivity contribution >= 4 is 40.8 Å². The second kappa shape index (κ2) is 10.1. The molecule has 0 saturated heterocycles. The lowest BCUT2D eigenvalue weighted by Crippen LogP contribution is -2.24. The maximum Gasteiger partial charge on any atom is 0.335 e. The molecule has 2 N–H and O–H groups in total. The molecule has 170 valence electrons. The second-order valence-corrected chi connectivity index (χ2v) is 8.29. The van der Waals surface area contributed by atoms with Crippen molar-refractivity contribution in [1.29, 1.82) is 0 Å². The molecule has 3 aromatic carbocycles. The third kappa shape index (κ3) is 5.05. The van der Waals surface area contributed by atoms with Crippen molar-refractivity contribution in [2.24, 2.45) is 5.10 Å². The van der Waals surface area contributed by atoms with Gasteiger partial charge in [-0.2, -0.15) is 5.10 Å². The molecule has 0 atom stereocenters. The maximum absolute atomic E-state index is 13.3. The summed E-state index contributed by atoms with van der Waals surface area (Å²) in [6, 6.07) is 20.7. The first kappa shape index (κ1) is 22.9. The van der Waals surface area contributed by atoms with E-state index in [2.05, 4.69) is 15.5 Å². The summed E-state index contributed by atoms with van der Waals surface area (Å²) in [6.07, 6.45) is 1.42. The van der Waals surface area contributed by atoms with E-state index in [9.17, 15) is 14.4 Å². The predicted molar refractivity (Wildman–Crippen MR) is 132 cm³/mol. The van der Waals surface area contributed by atoms with Crippen LogP contribution < -0.4 is 11.0 Å². The number of carbonyl (C=O) groups excluding carboxylic acids is 1. The fourth-order valence-corrected chi connectivity index (χ4v) is 4.09. The summed E-state index contributed by atoms with van der Waals surface area (Å²) in [6.45, 7) is 1.91. The molecule has 0 radical (unpaired) electrons. The van der Waals surface area contributed by atoms with Gasteiger partial charge in [0.15, 0.2) is 5.16 Å². The molecule has 0 saturated carbocycles. The molecule has 0 aliphatic heterocycles. The second-order valence-electron chi connectivity index (χ2n) is 7.35. The van der Waals surface area contributed by atoms with E-state index in [1.807, 2.05) is 37.3 Å². The highest BCUT2D eigenvalue weighted by Gasteiger charge is 2.15. The van der Waals surface area contributed by atoms with Gasteiger partial charge in [-0.25, -0.2) is 15.2 Å². The lowest BCUT2D eigenvalue weighted by molar-refractivity contribution is -0.118. The summed E-state index contributed by atoms with van der Waals surface area (Å²) in [7, 11) is 0. The molecule has 1 amide bonds. The molecular formula is C25H20N4O4S. The van der Waals surface area contributed by atoms with Crippen molar-refractivity contribution in [3.8, 4) is 5.69 Å². The Morgan fingerprint density at radius 3 is 2.50 bits per heavy atom. The summed E-state index contributed by atoms with van der Waals surface area (Å²) >= 11 is 1.14. The molecule has 9 heteroatoms. The van der Waals surface area contributed by atoms with E-state index in [1.165, 1.54) is 22.9 Å². The topological polar surface area (TPSA) is 114 Å². The van der Waals surface area contributed by atoms with Crippen molar-refractivity contribution in [2.45, 2.75) is 12.1 Å². The van der Waals surface area contributed by atoms with Crippen LogP contribution in [0.15, 0.2) is 87.8 Å². The lowest BCUT2D eigenvalue weighted by Gasteiger charge is -2.14. The molecule has 0 aliphatic carbocycles. The number of aromatic carboxylic acids is 1. The number of carbonyl (C=O) groups is 2. The summed E-state index contributed by atoms with van der Waals surface area (Å²) in [5.41, 5.74) is 5.22. The first-order valence-electron chi connectivity index (χ1n) is 10.3. The van der Waals surface area contributed by atoms with Gasteiger partial charge in [0, 0.05) is 0 Å². The molecule has 1 heterocycles. The Labute approximate surface area is 199 Å².